The summed E-state index contributed by atoms with van der Waals surface area (Å²) in [5, 5.41) is 3.23. The number of hydrogen-bond acceptors (Lipinski definition) is 3. The highest BCUT2D eigenvalue weighted by Crippen LogP contribution is 2.13. The molecule has 0 unspecified atom stereocenters. The van der Waals surface area contributed by atoms with E-state index in [0.29, 0.717) is 6.54 Å². The first-order valence-corrected chi connectivity index (χ1v) is 8.10. The molecule has 0 aromatic heterocycles. The maximum atomic E-state index is 11.4. The number of rotatable bonds is 9. The van der Waals surface area contributed by atoms with Gasteiger partial charge in [0.2, 0.25) is 0 Å². The van der Waals surface area contributed by atoms with Gasteiger partial charge in [-0.15, -0.1) is 0 Å². The van der Waals surface area contributed by atoms with Crippen molar-refractivity contribution in [1.82, 2.24) is 5.32 Å². The van der Waals surface area contributed by atoms with Crippen molar-refractivity contribution in [2.45, 2.75) is 57.6 Å². The summed E-state index contributed by atoms with van der Waals surface area (Å²) in [4.78, 5) is 0. The van der Waals surface area contributed by atoms with Crippen molar-refractivity contribution in [3.8, 4) is 0 Å². The third kappa shape index (κ3) is 6.48. The van der Waals surface area contributed by atoms with Crippen LogP contribution in [0, 0.1) is 0 Å². The number of hydrogen-bond donors (Lipinski definition) is 1. The standard InChI is InChI=1S/C12H27NO2S/c1-5-6-7-8-9-10-13-11-12(2,3)16(4,14)15/h13H,5-11H2,1-4H3. The van der Waals surface area contributed by atoms with Gasteiger partial charge < -0.3 is 5.32 Å². The van der Waals surface area contributed by atoms with E-state index < -0.39 is 14.6 Å². The van der Waals surface area contributed by atoms with Crippen molar-refractivity contribution < 1.29 is 8.42 Å². The molecule has 98 valence electrons. The van der Waals surface area contributed by atoms with Crippen molar-refractivity contribution in [3.05, 3.63) is 0 Å². The molecule has 4 heteroatoms. The zero-order valence-electron chi connectivity index (χ0n) is 11.2. The van der Waals surface area contributed by atoms with E-state index >= 15 is 0 Å². The van der Waals surface area contributed by atoms with E-state index in [1.54, 1.807) is 13.8 Å². The molecule has 0 saturated carbocycles. The molecule has 0 saturated heterocycles. The van der Waals surface area contributed by atoms with E-state index in [1.807, 2.05) is 0 Å². The smallest absolute Gasteiger partial charge is 0.153 e. The molecule has 0 aliphatic rings. The van der Waals surface area contributed by atoms with Crippen LogP contribution < -0.4 is 5.32 Å². The summed E-state index contributed by atoms with van der Waals surface area (Å²) in [6.07, 6.45) is 7.52. The van der Waals surface area contributed by atoms with Gasteiger partial charge in [-0.2, -0.15) is 0 Å². The van der Waals surface area contributed by atoms with Gasteiger partial charge in [-0.05, 0) is 26.8 Å². The van der Waals surface area contributed by atoms with Gasteiger partial charge in [0.05, 0.1) is 4.75 Å². The van der Waals surface area contributed by atoms with Crippen LogP contribution in [0.15, 0.2) is 0 Å². The summed E-state index contributed by atoms with van der Waals surface area (Å²) >= 11 is 0. The summed E-state index contributed by atoms with van der Waals surface area (Å²) in [5.41, 5.74) is 0. The molecule has 0 rings (SSSR count). The van der Waals surface area contributed by atoms with Gasteiger partial charge in [-0.1, -0.05) is 32.6 Å². The molecule has 3 nitrogen and oxygen atoms in total. The molecule has 0 aromatic rings. The minimum absolute atomic E-state index is 0.541. The van der Waals surface area contributed by atoms with Crippen molar-refractivity contribution in [2.75, 3.05) is 19.3 Å². The molecule has 0 bridgehead atoms. The fourth-order valence-electron chi connectivity index (χ4n) is 1.37. The van der Waals surface area contributed by atoms with Crippen molar-refractivity contribution in [2.24, 2.45) is 0 Å². The van der Waals surface area contributed by atoms with Crippen LogP contribution in [-0.2, 0) is 9.84 Å². The van der Waals surface area contributed by atoms with E-state index in [-0.39, 0.29) is 0 Å². The minimum atomic E-state index is -2.97. The highest BCUT2D eigenvalue weighted by Gasteiger charge is 2.29. The lowest BCUT2D eigenvalue weighted by Crippen LogP contribution is -2.41. The van der Waals surface area contributed by atoms with Crippen LogP contribution in [0.25, 0.3) is 0 Å². The van der Waals surface area contributed by atoms with Crippen LogP contribution in [0.5, 0.6) is 0 Å². The first kappa shape index (κ1) is 15.9. The van der Waals surface area contributed by atoms with Crippen molar-refractivity contribution in [3.63, 3.8) is 0 Å². The Bertz CT molecular complexity index is 271. The van der Waals surface area contributed by atoms with Gasteiger partial charge >= 0.3 is 0 Å². The summed E-state index contributed by atoms with van der Waals surface area (Å²) in [5.74, 6) is 0. The zero-order chi connectivity index (χ0) is 12.7. The summed E-state index contributed by atoms with van der Waals surface area (Å²) in [7, 11) is -2.97. The predicted octanol–water partition coefficient (Wildman–Crippen LogP) is 2.37. The number of sulfone groups is 1. The van der Waals surface area contributed by atoms with E-state index in [0.717, 1.165) is 13.0 Å². The first-order valence-electron chi connectivity index (χ1n) is 6.21. The Kier molecular flexibility index (Phi) is 7.24. The van der Waals surface area contributed by atoms with Crippen LogP contribution in [0.1, 0.15) is 52.9 Å². The SMILES string of the molecule is CCCCCCCNCC(C)(C)S(C)(=O)=O. The maximum Gasteiger partial charge on any atom is 0.153 e. The second-order valence-corrected chi connectivity index (χ2v) is 7.77. The Labute approximate surface area is 101 Å². The van der Waals surface area contributed by atoms with Crippen molar-refractivity contribution >= 4 is 9.84 Å². The molecule has 0 heterocycles. The summed E-state index contributed by atoms with van der Waals surface area (Å²) in [6, 6.07) is 0. The van der Waals surface area contributed by atoms with Gasteiger partial charge in [0.25, 0.3) is 0 Å². The molecule has 0 radical (unpaired) electrons. The lowest BCUT2D eigenvalue weighted by molar-refractivity contribution is 0.509. The second kappa shape index (κ2) is 7.28. The van der Waals surface area contributed by atoms with Gasteiger partial charge in [-0.3, -0.25) is 0 Å². The fourth-order valence-corrected chi connectivity index (χ4v) is 1.74. The van der Waals surface area contributed by atoms with E-state index in [2.05, 4.69) is 12.2 Å². The number of nitrogens with one attached hydrogen (secondary N) is 1. The Balaban J connectivity index is 3.59. The third-order valence-electron chi connectivity index (χ3n) is 3.01. The molecular formula is C12H27NO2S. The lowest BCUT2D eigenvalue weighted by Gasteiger charge is -2.22. The topological polar surface area (TPSA) is 46.2 Å². The highest BCUT2D eigenvalue weighted by molar-refractivity contribution is 7.92. The molecule has 0 fully saturated rings. The first-order chi connectivity index (χ1) is 7.31. The molecule has 0 aliphatic heterocycles. The monoisotopic (exact) mass is 249 g/mol. The Hall–Kier alpha value is -0.0900. The average Bonchev–Trinajstić information content (AvgIpc) is 2.14. The normalized spacial score (nSPS) is 13.0. The fraction of sp³-hybridized carbons (Fsp3) is 1.00. The van der Waals surface area contributed by atoms with Gasteiger partial charge in [0, 0.05) is 12.8 Å². The Morgan fingerprint density at radius 1 is 1.06 bits per heavy atom. The van der Waals surface area contributed by atoms with Crippen LogP contribution in [0.3, 0.4) is 0 Å². The summed E-state index contributed by atoms with van der Waals surface area (Å²) in [6.45, 7) is 7.20. The largest absolute Gasteiger partial charge is 0.315 e. The molecule has 1 N–H and O–H groups in total. The Morgan fingerprint density at radius 2 is 1.62 bits per heavy atom. The van der Waals surface area contributed by atoms with E-state index in [1.165, 1.54) is 31.9 Å². The Morgan fingerprint density at radius 3 is 2.12 bits per heavy atom. The van der Waals surface area contributed by atoms with Crippen LogP contribution in [-0.4, -0.2) is 32.5 Å². The lowest BCUT2D eigenvalue weighted by atomic mass is 10.1. The number of unbranched alkanes of at least 4 members (excludes halogenated alkanes) is 4. The van der Waals surface area contributed by atoms with E-state index in [9.17, 15) is 8.42 Å². The third-order valence-corrected chi connectivity index (χ3v) is 5.16. The minimum Gasteiger partial charge on any atom is -0.315 e. The van der Waals surface area contributed by atoms with Crippen LogP contribution in [0.4, 0.5) is 0 Å². The zero-order valence-corrected chi connectivity index (χ0v) is 12.0. The quantitative estimate of drug-likeness (QED) is 0.638. The molecule has 0 aromatic carbocycles. The average molecular weight is 249 g/mol. The van der Waals surface area contributed by atoms with Gasteiger partial charge in [0.15, 0.2) is 9.84 Å². The molecule has 0 aliphatic carbocycles. The molecular weight excluding hydrogens is 222 g/mol. The predicted molar refractivity (Wildman–Crippen MR) is 70.6 cm³/mol. The van der Waals surface area contributed by atoms with Crippen LogP contribution in [0.2, 0.25) is 0 Å². The maximum absolute atomic E-state index is 11.4. The van der Waals surface area contributed by atoms with Crippen molar-refractivity contribution in [1.29, 1.82) is 0 Å². The summed E-state index contributed by atoms with van der Waals surface area (Å²) < 4.78 is 22.2. The van der Waals surface area contributed by atoms with Gasteiger partial charge in [-0.25, -0.2) is 8.42 Å². The van der Waals surface area contributed by atoms with Gasteiger partial charge in [0.1, 0.15) is 0 Å². The molecule has 0 atom stereocenters. The second-order valence-electron chi connectivity index (χ2n) is 5.12. The molecule has 16 heavy (non-hydrogen) atoms. The van der Waals surface area contributed by atoms with E-state index in [4.69, 9.17) is 0 Å². The molecule has 0 amide bonds. The van der Waals surface area contributed by atoms with Crippen LogP contribution >= 0.6 is 0 Å². The highest BCUT2D eigenvalue weighted by atomic mass is 32.2. The molecule has 0 spiro atoms.